The van der Waals surface area contributed by atoms with Gasteiger partial charge in [0.1, 0.15) is 18.3 Å². The summed E-state index contributed by atoms with van der Waals surface area (Å²) in [6, 6.07) is 22.7. The van der Waals surface area contributed by atoms with Crippen molar-refractivity contribution in [3.8, 4) is 5.75 Å². The maximum Gasteiger partial charge on any atom is 0.244 e. The molecule has 1 atom stereocenters. The lowest BCUT2D eigenvalue weighted by molar-refractivity contribution is -0.140. The smallest absolute Gasteiger partial charge is 0.244 e. The minimum atomic E-state index is -3.88. The van der Waals surface area contributed by atoms with Crippen LogP contribution in [0.5, 0.6) is 5.75 Å². The molecule has 3 aromatic rings. The lowest BCUT2D eigenvalue weighted by atomic mass is 10.0. The fourth-order valence-corrected chi connectivity index (χ4v) is 5.48. The van der Waals surface area contributed by atoms with Crippen LogP contribution in [-0.2, 0) is 32.6 Å². The number of hydrogen-bond acceptors (Lipinski definition) is 5. The summed E-state index contributed by atoms with van der Waals surface area (Å²) in [7, 11) is -2.44. The van der Waals surface area contributed by atoms with Crippen LogP contribution < -0.4 is 14.4 Å². The van der Waals surface area contributed by atoms with E-state index in [-0.39, 0.29) is 24.6 Å². The summed E-state index contributed by atoms with van der Waals surface area (Å²) in [5, 5.41) is 2.92. The van der Waals surface area contributed by atoms with Gasteiger partial charge in [-0.1, -0.05) is 77.5 Å². The molecule has 0 spiro atoms. The molecule has 0 radical (unpaired) electrons. The lowest BCUT2D eigenvalue weighted by Gasteiger charge is -2.33. The highest BCUT2D eigenvalue weighted by Crippen LogP contribution is 2.30. The first kappa shape index (κ1) is 30.2. The van der Waals surface area contributed by atoms with Gasteiger partial charge in [0.2, 0.25) is 21.8 Å². The number of amides is 2. The molecule has 10 heteroatoms. The Morgan fingerprint density at radius 3 is 2.28 bits per heavy atom. The minimum Gasteiger partial charge on any atom is -0.495 e. The van der Waals surface area contributed by atoms with E-state index in [4.69, 9.17) is 4.74 Å². The average molecular weight is 617 g/mol. The average Bonchev–Trinajstić information content (AvgIpc) is 2.92. The molecule has 1 unspecified atom stereocenters. The van der Waals surface area contributed by atoms with Crippen molar-refractivity contribution in [2.45, 2.75) is 32.4 Å². The van der Waals surface area contributed by atoms with Crippen LogP contribution in [0.4, 0.5) is 5.69 Å². The number of anilines is 1. The maximum atomic E-state index is 14.1. The topological polar surface area (TPSA) is 96.0 Å². The summed E-state index contributed by atoms with van der Waals surface area (Å²) in [5.74, 6) is -0.498. The molecule has 0 aliphatic heterocycles. The van der Waals surface area contributed by atoms with Crippen LogP contribution in [0.25, 0.3) is 0 Å². The molecule has 0 saturated heterocycles. The van der Waals surface area contributed by atoms with Crippen LogP contribution in [0.1, 0.15) is 24.5 Å². The van der Waals surface area contributed by atoms with Gasteiger partial charge in [-0.15, -0.1) is 0 Å². The number of rotatable bonds is 13. The Balaban J connectivity index is 2.06. The van der Waals surface area contributed by atoms with Crippen LogP contribution in [-0.4, -0.2) is 57.6 Å². The summed E-state index contributed by atoms with van der Waals surface area (Å²) >= 11 is 3.47. The third kappa shape index (κ3) is 8.56. The van der Waals surface area contributed by atoms with Crippen LogP contribution in [0.2, 0.25) is 0 Å². The Morgan fingerprint density at radius 1 is 0.974 bits per heavy atom. The second-order valence-electron chi connectivity index (χ2n) is 9.09. The first-order valence-electron chi connectivity index (χ1n) is 12.6. The van der Waals surface area contributed by atoms with Crippen molar-refractivity contribution in [2.24, 2.45) is 0 Å². The number of hydrogen-bond donors (Lipinski definition) is 1. The van der Waals surface area contributed by atoms with Crippen molar-refractivity contribution in [1.82, 2.24) is 10.2 Å². The second-order valence-corrected chi connectivity index (χ2v) is 11.9. The summed E-state index contributed by atoms with van der Waals surface area (Å²) in [5.41, 5.74) is 1.92. The van der Waals surface area contributed by atoms with Crippen molar-refractivity contribution in [2.75, 3.05) is 30.8 Å². The predicted molar refractivity (Wildman–Crippen MR) is 157 cm³/mol. The molecule has 0 aliphatic carbocycles. The van der Waals surface area contributed by atoms with Crippen LogP contribution in [0.15, 0.2) is 83.3 Å². The van der Waals surface area contributed by atoms with Gasteiger partial charge in [-0.3, -0.25) is 13.9 Å². The minimum absolute atomic E-state index is 0.110. The first-order valence-corrected chi connectivity index (χ1v) is 15.2. The van der Waals surface area contributed by atoms with Crippen LogP contribution in [0.3, 0.4) is 0 Å². The lowest BCUT2D eigenvalue weighted by Crippen LogP contribution is -2.53. The number of nitrogens with zero attached hydrogens (tertiary/aromatic N) is 2. The molecule has 0 saturated carbocycles. The molecular formula is C29H34BrN3O5S. The van der Waals surface area contributed by atoms with Crippen LogP contribution in [0, 0.1) is 0 Å². The molecule has 3 aromatic carbocycles. The molecular weight excluding hydrogens is 582 g/mol. The van der Waals surface area contributed by atoms with Gasteiger partial charge in [-0.05, 0) is 41.8 Å². The SMILES string of the molecule is CCCNC(=O)C(Cc1ccccc1)N(Cc1cccc(Br)c1)C(=O)CN(c1ccccc1OC)S(C)(=O)=O. The molecule has 0 heterocycles. The molecule has 0 fully saturated rings. The van der Waals surface area contributed by atoms with Gasteiger partial charge in [0.15, 0.2) is 0 Å². The quantitative estimate of drug-likeness (QED) is 0.308. The highest BCUT2D eigenvalue weighted by molar-refractivity contribution is 9.10. The zero-order valence-electron chi connectivity index (χ0n) is 22.3. The number of carbonyl (C=O) groups is 2. The van der Waals surface area contributed by atoms with Crippen molar-refractivity contribution in [3.05, 3.63) is 94.5 Å². The standard InChI is InChI=1S/C29H34BrN3O5S/c1-4-17-31-29(35)26(19-22-11-6-5-7-12-22)32(20-23-13-10-14-24(30)18-23)28(34)21-33(39(3,36)37)25-15-8-9-16-27(25)38-2/h5-16,18,26H,4,17,19-21H2,1-3H3,(H,31,35). The number of methoxy groups -OCH3 is 1. The van der Waals surface area contributed by atoms with E-state index in [0.29, 0.717) is 12.3 Å². The Labute approximate surface area is 239 Å². The molecule has 3 rings (SSSR count). The van der Waals surface area contributed by atoms with Crippen molar-refractivity contribution in [1.29, 1.82) is 0 Å². The van der Waals surface area contributed by atoms with Crippen molar-refractivity contribution >= 4 is 43.5 Å². The summed E-state index contributed by atoms with van der Waals surface area (Å²) < 4.78 is 33.1. The van der Waals surface area contributed by atoms with E-state index in [2.05, 4.69) is 21.2 Å². The Bertz CT molecular complexity index is 1370. The first-order chi connectivity index (χ1) is 18.6. The fraction of sp³-hybridized carbons (Fsp3) is 0.310. The molecule has 2 amide bonds. The number of nitrogens with one attached hydrogen (secondary N) is 1. The number of sulfonamides is 1. The van der Waals surface area contributed by atoms with E-state index in [1.807, 2.05) is 61.5 Å². The van der Waals surface area contributed by atoms with E-state index >= 15 is 0 Å². The van der Waals surface area contributed by atoms with Crippen LogP contribution >= 0.6 is 15.9 Å². The van der Waals surface area contributed by atoms with Gasteiger partial charge < -0.3 is 15.0 Å². The predicted octanol–water partition coefficient (Wildman–Crippen LogP) is 4.39. The third-order valence-electron chi connectivity index (χ3n) is 6.10. The van der Waals surface area contributed by atoms with Gasteiger partial charge in [-0.25, -0.2) is 8.42 Å². The second kappa shape index (κ2) is 14.1. The van der Waals surface area contributed by atoms with Crippen molar-refractivity contribution in [3.63, 3.8) is 0 Å². The maximum absolute atomic E-state index is 14.1. The van der Waals surface area contributed by atoms with Gasteiger partial charge in [0.25, 0.3) is 0 Å². The number of para-hydroxylation sites is 2. The number of carbonyl (C=O) groups excluding carboxylic acids is 2. The van der Waals surface area contributed by atoms with Gasteiger partial charge >= 0.3 is 0 Å². The summed E-state index contributed by atoms with van der Waals surface area (Å²) in [6.45, 7) is 2.02. The molecule has 0 aliphatic rings. The molecule has 0 bridgehead atoms. The third-order valence-corrected chi connectivity index (χ3v) is 7.72. The van der Waals surface area contributed by atoms with E-state index in [9.17, 15) is 18.0 Å². The van der Waals surface area contributed by atoms with E-state index in [1.54, 1.807) is 24.3 Å². The normalized spacial score (nSPS) is 11.9. The number of halogens is 1. The number of ether oxygens (including phenoxy) is 1. The molecule has 1 N–H and O–H groups in total. The van der Waals surface area contributed by atoms with Gasteiger partial charge in [0.05, 0.1) is 19.1 Å². The molecule has 0 aromatic heterocycles. The fourth-order valence-electron chi connectivity index (χ4n) is 4.18. The molecule has 208 valence electrons. The monoisotopic (exact) mass is 615 g/mol. The summed E-state index contributed by atoms with van der Waals surface area (Å²) in [6.07, 6.45) is 2.05. The van der Waals surface area contributed by atoms with Crippen molar-refractivity contribution < 1.29 is 22.7 Å². The molecule has 8 nitrogen and oxygen atoms in total. The Kier molecular flexibility index (Phi) is 10.9. The Morgan fingerprint density at radius 2 is 1.64 bits per heavy atom. The van der Waals surface area contributed by atoms with E-state index < -0.39 is 28.5 Å². The van der Waals surface area contributed by atoms with E-state index in [1.165, 1.54) is 12.0 Å². The van der Waals surface area contributed by atoms with Gasteiger partial charge in [-0.2, -0.15) is 0 Å². The zero-order valence-corrected chi connectivity index (χ0v) is 24.7. The molecule has 39 heavy (non-hydrogen) atoms. The zero-order chi connectivity index (χ0) is 28.4. The highest BCUT2D eigenvalue weighted by atomic mass is 79.9. The van der Waals surface area contributed by atoms with Gasteiger partial charge in [0, 0.05) is 24.0 Å². The number of benzene rings is 3. The Hall–Kier alpha value is -3.37. The highest BCUT2D eigenvalue weighted by Gasteiger charge is 2.33. The summed E-state index contributed by atoms with van der Waals surface area (Å²) in [4.78, 5) is 29.0. The van der Waals surface area contributed by atoms with E-state index in [0.717, 1.165) is 32.6 Å². The largest absolute Gasteiger partial charge is 0.495 e.